The van der Waals surface area contributed by atoms with Crippen LogP contribution in [0.5, 0.6) is 0 Å². The van der Waals surface area contributed by atoms with E-state index in [4.69, 9.17) is 0 Å². The van der Waals surface area contributed by atoms with Gasteiger partial charge in [-0.05, 0) is 92.7 Å². The summed E-state index contributed by atoms with van der Waals surface area (Å²) in [5.41, 5.74) is 9.55. The second-order valence-corrected chi connectivity index (χ2v) is 11.8. The van der Waals surface area contributed by atoms with E-state index in [1.165, 1.54) is 64.3 Å². The molecule has 0 bridgehead atoms. The molecule has 1 heterocycles. The average Bonchev–Trinajstić information content (AvgIpc) is 3.43. The normalized spacial score (nSPS) is 11.3. The van der Waals surface area contributed by atoms with Gasteiger partial charge in [0.05, 0.1) is 0 Å². The molecule has 2 heteroatoms. The van der Waals surface area contributed by atoms with Gasteiger partial charge in [-0.15, -0.1) is 11.3 Å². The molecule has 7 aromatic carbocycles. The van der Waals surface area contributed by atoms with Crippen molar-refractivity contribution in [3.8, 4) is 33.4 Å². The first kappa shape index (κ1) is 24.6. The standard InChI is InChI=1S/C40H27NS/c1-2-9-29(10-3-1)36-25-38-35-12-6-7-13-39(35)42-40(38)26-37(36)30-18-22-34(23-19-30)41-33-20-16-28(17-21-33)32-15-14-27-8-4-5-11-31(27)24-32/h1-26,41H. The Balaban J connectivity index is 1.10. The fraction of sp³-hybridized carbons (Fsp3) is 0. The molecule has 8 aromatic rings. The third-order valence-electron chi connectivity index (χ3n) is 8.05. The van der Waals surface area contributed by atoms with Crippen molar-refractivity contribution in [2.45, 2.75) is 0 Å². The van der Waals surface area contributed by atoms with Crippen molar-refractivity contribution in [3.05, 3.63) is 158 Å². The highest BCUT2D eigenvalue weighted by molar-refractivity contribution is 7.25. The Morgan fingerprint density at radius 1 is 0.357 bits per heavy atom. The van der Waals surface area contributed by atoms with Gasteiger partial charge in [0.1, 0.15) is 0 Å². The van der Waals surface area contributed by atoms with E-state index < -0.39 is 0 Å². The fourth-order valence-electron chi connectivity index (χ4n) is 5.88. The first-order valence-corrected chi connectivity index (χ1v) is 15.1. The van der Waals surface area contributed by atoms with E-state index in [-0.39, 0.29) is 0 Å². The van der Waals surface area contributed by atoms with Crippen molar-refractivity contribution in [1.82, 2.24) is 0 Å². The van der Waals surface area contributed by atoms with Crippen molar-refractivity contribution in [1.29, 1.82) is 0 Å². The SMILES string of the molecule is c1ccc(-c2cc3c(cc2-c2ccc(Nc4ccc(-c5ccc6ccccc6c5)cc4)cc2)sc2ccccc23)cc1. The molecule has 0 aliphatic heterocycles. The number of benzene rings is 7. The molecule has 42 heavy (non-hydrogen) atoms. The van der Waals surface area contributed by atoms with Crippen LogP contribution in [0.15, 0.2) is 158 Å². The maximum atomic E-state index is 3.59. The molecule has 1 aromatic heterocycles. The third kappa shape index (κ3) is 4.52. The number of rotatable bonds is 5. The van der Waals surface area contributed by atoms with Gasteiger partial charge in [-0.1, -0.05) is 109 Å². The first-order valence-electron chi connectivity index (χ1n) is 14.3. The molecule has 0 spiro atoms. The van der Waals surface area contributed by atoms with Crippen LogP contribution in [0, 0.1) is 0 Å². The molecule has 0 radical (unpaired) electrons. The van der Waals surface area contributed by atoms with E-state index in [9.17, 15) is 0 Å². The van der Waals surface area contributed by atoms with Crippen molar-refractivity contribution in [2.75, 3.05) is 5.32 Å². The monoisotopic (exact) mass is 553 g/mol. The molecule has 0 unspecified atom stereocenters. The lowest BCUT2D eigenvalue weighted by molar-refractivity contribution is 1.54. The van der Waals surface area contributed by atoms with Gasteiger partial charge in [-0.25, -0.2) is 0 Å². The van der Waals surface area contributed by atoms with E-state index in [1.807, 2.05) is 11.3 Å². The summed E-state index contributed by atoms with van der Waals surface area (Å²) in [5.74, 6) is 0. The number of anilines is 2. The van der Waals surface area contributed by atoms with Crippen molar-refractivity contribution in [3.63, 3.8) is 0 Å². The van der Waals surface area contributed by atoms with E-state index in [0.29, 0.717) is 0 Å². The van der Waals surface area contributed by atoms with Crippen LogP contribution in [0.4, 0.5) is 11.4 Å². The maximum Gasteiger partial charge on any atom is 0.0384 e. The molecule has 0 fully saturated rings. The smallest absolute Gasteiger partial charge is 0.0384 e. The molecule has 0 aliphatic rings. The minimum Gasteiger partial charge on any atom is -0.356 e. The van der Waals surface area contributed by atoms with Crippen LogP contribution in [-0.4, -0.2) is 0 Å². The molecule has 0 amide bonds. The van der Waals surface area contributed by atoms with E-state index in [0.717, 1.165) is 11.4 Å². The van der Waals surface area contributed by atoms with Crippen LogP contribution in [0.25, 0.3) is 64.3 Å². The number of nitrogens with one attached hydrogen (secondary N) is 1. The summed E-state index contributed by atoms with van der Waals surface area (Å²) in [6.07, 6.45) is 0. The first-order chi connectivity index (χ1) is 20.8. The molecule has 0 saturated carbocycles. The highest BCUT2D eigenvalue weighted by atomic mass is 32.1. The van der Waals surface area contributed by atoms with E-state index in [2.05, 4.69) is 163 Å². The molecular weight excluding hydrogens is 527 g/mol. The predicted molar refractivity (Wildman–Crippen MR) is 183 cm³/mol. The Morgan fingerprint density at radius 2 is 0.952 bits per heavy atom. The Labute approximate surface area is 249 Å². The van der Waals surface area contributed by atoms with Crippen LogP contribution in [0.2, 0.25) is 0 Å². The summed E-state index contributed by atoms with van der Waals surface area (Å²) in [7, 11) is 0. The van der Waals surface area contributed by atoms with Gasteiger partial charge in [-0.3, -0.25) is 0 Å². The zero-order chi connectivity index (χ0) is 27.9. The summed E-state index contributed by atoms with van der Waals surface area (Å²) in [6, 6.07) is 56.8. The van der Waals surface area contributed by atoms with Crippen molar-refractivity contribution in [2.24, 2.45) is 0 Å². The molecule has 198 valence electrons. The van der Waals surface area contributed by atoms with Gasteiger partial charge in [0.25, 0.3) is 0 Å². The van der Waals surface area contributed by atoms with Crippen LogP contribution in [-0.2, 0) is 0 Å². The van der Waals surface area contributed by atoms with E-state index in [1.54, 1.807) is 0 Å². The largest absolute Gasteiger partial charge is 0.356 e. The summed E-state index contributed by atoms with van der Waals surface area (Å²) in [4.78, 5) is 0. The molecule has 0 saturated heterocycles. The third-order valence-corrected chi connectivity index (χ3v) is 9.19. The van der Waals surface area contributed by atoms with Gasteiger partial charge in [-0.2, -0.15) is 0 Å². The second kappa shape index (κ2) is 10.3. The summed E-state index contributed by atoms with van der Waals surface area (Å²) in [5, 5.41) is 8.77. The summed E-state index contributed by atoms with van der Waals surface area (Å²) < 4.78 is 2.65. The van der Waals surface area contributed by atoms with Gasteiger partial charge < -0.3 is 5.32 Å². The Hall–Kier alpha value is -5.18. The molecule has 0 aliphatic carbocycles. The summed E-state index contributed by atoms with van der Waals surface area (Å²) in [6.45, 7) is 0. The van der Waals surface area contributed by atoms with Crippen LogP contribution in [0.3, 0.4) is 0 Å². The van der Waals surface area contributed by atoms with Crippen LogP contribution in [0.1, 0.15) is 0 Å². The van der Waals surface area contributed by atoms with E-state index >= 15 is 0 Å². The number of hydrogen-bond acceptors (Lipinski definition) is 2. The minimum atomic E-state index is 1.07. The zero-order valence-electron chi connectivity index (χ0n) is 22.9. The zero-order valence-corrected chi connectivity index (χ0v) is 23.7. The summed E-state index contributed by atoms with van der Waals surface area (Å²) >= 11 is 1.87. The Morgan fingerprint density at radius 3 is 1.74 bits per heavy atom. The molecule has 8 rings (SSSR count). The molecule has 1 N–H and O–H groups in total. The van der Waals surface area contributed by atoms with Gasteiger partial charge in [0, 0.05) is 31.5 Å². The van der Waals surface area contributed by atoms with Crippen molar-refractivity contribution >= 4 is 53.7 Å². The highest BCUT2D eigenvalue weighted by Gasteiger charge is 2.13. The molecule has 0 atom stereocenters. The van der Waals surface area contributed by atoms with Crippen LogP contribution < -0.4 is 5.32 Å². The fourth-order valence-corrected chi connectivity index (χ4v) is 7.01. The molecule has 1 nitrogen and oxygen atoms in total. The van der Waals surface area contributed by atoms with Crippen LogP contribution >= 0.6 is 11.3 Å². The quantitative estimate of drug-likeness (QED) is 0.223. The Kier molecular flexibility index (Phi) is 6.05. The van der Waals surface area contributed by atoms with Gasteiger partial charge in [0.15, 0.2) is 0 Å². The molecular formula is C40H27NS. The number of hydrogen-bond donors (Lipinski definition) is 1. The highest BCUT2D eigenvalue weighted by Crippen LogP contribution is 2.42. The van der Waals surface area contributed by atoms with Gasteiger partial charge >= 0.3 is 0 Å². The lowest BCUT2D eigenvalue weighted by atomic mass is 9.93. The van der Waals surface area contributed by atoms with Gasteiger partial charge in [0.2, 0.25) is 0 Å². The topological polar surface area (TPSA) is 12.0 Å². The predicted octanol–water partition coefficient (Wildman–Crippen LogP) is 12.0. The number of fused-ring (bicyclic) bond motifs is 4. The second-order valence-electron chi connectivity index (χ2n) is 10.7. The number of thiophene rings is 1. The average molecular weight is 554 g/mol. The Bertz CT molecular complexity index is 2190. The van der Waals surface area contributed by atoms with Crippen molar-refractivity contribution < 1.29 is 0 Å². The lowest BCUT2D eigenvalue weighted by Gasteiger charge is -2.13. The lowest BCUT2D eigenvalue weighted by Crippen LogP contribution is -1.91. The minimum absolute atomic E-state index is 1.07. The maximum absolute atomic E-state index is 3.59.